The molecule has 18 heavy (non-hydrogen) atoms. The standard InChI is InChI=1S/C16H24S2/c1-3-5-7-13-9-10-14(8-6-4-2)15(11-13)16(18)12-17/h9-12,17-18H,3-8H2,1-2H3. The lowest BCUT2D eigenvalue weighted by atomic mass is 9.97. The van der Waals surface area contributed by atoms with Crippen LogP contribution < -0.4 is 0 Å². The molecule has 0 aromatic heterocycles. The van der Waals surface area contributed by atoms with Crippen molar-refractivity contribution in [3.63, 3.8) is 0 Å². The lowest BCUT2D eigenvalue weighted by Crippen LogP contribution is -1.95. The summed E-state index contributed by atoms with van der Waals surface area (Å²) >= 11 is 8.77. The topological polar surface area (TPSA) is 0 Å². The fourth-order valence-electron chi connectivity index (χ4n) is 2.05. The fourth-order valence-corrected chi connectivity index (χ4v) is 2.40. The Balaban J connectivity index is 2.96. The second-order valence-corrected chi connectivity index (χ2v) is 5.45. The van der Waals surface area contributed by atoms with Gasteiger partial charge >= 0.3 is 0 Å². The van der Waals surface area contributed by atoms with Gasteiger partial charge in [0.1, 0.15) is 0 Å². The van der Waals surface area contributed by atoms with Crippen molar-refractivity contribution in [1.82, 2.24) is 0 Å². The van der Waals surface area contributed by atoms with Gasteiger partial charge in [0.05, 0.1) is 0 Å². The fraction of sp³-hybridized carbons (Fsp3) is 0.500. The van der Waals surface area contributed by atoms with Crippen molar-refractivity contribution in [2.24, 2.45) is 0 Å². The Hall–Kier alpha value is -0.340. The van der Waals surface area contributed by atoms with Gasteiger partial charge in [-0.2, -0.15) is 12.6 Å². The van der Waals surface area contributed by atoms with E-state index in [4.69, 9.17) is 0 Å². The van der Waals surface area contributed by atoms with E-state index < -0.39 is 0 Å². The zero-order valence-electron chi connectivity index (χ0n) is 11.4. The molecule has 0 heterocycles. The van der Waals surface area contributed by atoms with Crippen LogP contribution in [0.5, 0.6) is 0 Å². The van der Waals surface area contributed by atoms with Crippen LogP contribution in [0.15, 0.2) is 23.6 Å². The number of rotatable bonds is 7. The summed E-state index contributed by atoms with van der Waals surface area (Å²) in [6, 6.07) is 6.82. The Labute approximate surface area is 123 Å². The average Bonchev–Trinajstić information content (AvgIpc) is 2.42. The van der Waals surface area contributed by atoms with Gasteiger partial charge in [-0.15, -0.1) is 12.6 Å². The summed E-state index contributed by atoms with van der Waals surface area (Å²) in [6.45, 7) is 4.46. The van der Waals surface area contributed by atoms with Crippen LogP contribution in [0.25, 0.3) is 4.91 Å². The van der Waals surface area contributed by atoms with Crippen LogP contribution >= 0.6 is 25.3 Å². The molecule has 0 unspecified atom stereocenters. The van der Waals surface area contributed by atoms with Crippen molar-refractivity contribution < 1.29 is 0 Å². The van der Waals surface area contributed by atoms with E-state index in [0.717, 1.165) is 17.7 Å². The van der Waals surface area contributed by atoms with Gasteiger partial charge in [-0.25, -0.2) is 0 Å². The van der Waals surface area contributed by atoms with Gasteiger partial charge in [-0.3, -0.25) is 0 Å². The molecular weight excluding hydrogens is 256 g/mol. The molecule has 0 aliphatic heterocycles. The Kier molecular flexibility index (Phi) is 7.60. The summed E-state index contributed by atoms with van der Waals surface area (Å²) in [5.41, 5.74) is 4.07. The summed E-state index contributed by atoms with van der Waals surface area (Å²) < 4.78 is 0. The highest BCUT2D eigenvalue weighted by Crippen LogP contribution is 2.26. The molecule has 0 N–H and O–H groups in total. The van der Waals surface area contributed by atoms with E-state index in [-0.39, 0.29) is 0 Å². The van der Waals surface area contributed by atoms with Gasteiger partial charge in [0.15, 0.2) is 0 Å². The van der Waals surface area contributed by atoms with Gasteiger partial charge in [0.2, 0.25) is 0 Å². The highest BCUT2D eigenvalue weighted by Gasteiger charge is 2.06. The first-order valence-corrected chi connectivity index (χ1v) is 7.84. The maximum atomic E-state index is 4.53. The van der Waals surface area contributed by atoms with Crippen molar-refractivity contribution in [3.8, 4) is 0 Å². The minimum atomic E-state index is 0.975. The van der Waals surface area contributed by atoms with Gasteiger partial charge in [0.25, 0.3) is 0 Å². The molecule has 0 aliphatic carbocycles. The van der Waals surface area contributed by atoms with Crippen molar-refractivity contribution in [1.29, 1.82) is 0 Å². The molecule has 100 valence electrons. The van der Waals surface area contributed by atoms with Crippen LogP contribution in [-0.4, -0.2) is 0 Å². The minimum Gasteiger partial charge on any atom is -0.150 e. The maximum Gasteiger partial charge on any atom is 0.0176 e. The molecule has 0 bridgehead atoms. The zero-order chi connectivity index (χ0) is 13.4. The Morgan fingerprint density at radius 2 is 1.78 bits per heavy atom. The van der Waals surface area contributed by atoms with Crippen LogP contribution in [0.2, 0.25) is 0 Å². The lowest BCUT2D eigenvalue weighted by Gasteiger charge is -2.11. The summed E-state index contributed by atoms with van der Waals surface area (Å²) in [5.74, 6) is 0. The highest BCUT2D eigenvalue weighted by molar-refractivity contribution is 7.92. The van der Waals surface area contributed by atoms with Crippen LogP contribution in [-0.2, 0) is 12.8 Å². The third-order valence-corrected chi connectivity index (χ3v) is 4.02. The molecular formula is C16H24S2. The molecule has 0 saturated carbocycles. The van der Waals surface area contributed by atoms with Crippen molar-refractivity contribution in [2.45, 2.75) is 52.4 Å². The lowest BCUT2D eigenvalue weighted by molar-refractivity contribution is 0.785. The molecule has 0 amide bonds. The van der Waals surface area contributed by atoms with E-state index in [2.05, 4.69) is 57.3 Å². The predicted molar refractivity (Wildman–Crippen MR) is 89.6 cm³/mol. The third-order valence-electron chi connectivity index (χ3n) is 3.19. The summed E-state index contributed by atoms with van der Waals surface area (Å²) in [7, 11) is 0. The molecule has 1 aromatic rings. The van der Waals surface area contributed by atoms with Crippen LogP contribution in [0.4, 0.5) is 0 Å². The second kappa shape index (κ2) is 8.71. The number of hydrogen-bond acceptors (Lipinski definition) is 2. The van der Waals surface area contributed by atoms with Gasteiger partial charge < -0.3 is 0 Å². The summed E-state index contributed by atoms with van der Waals surface area (Å²) in [5, 5.41) is 1.79. The quantitative estimate of drug-likeness (QED) is 0.603. The highest BCUT2D eigenvalue weighted by atomic mass is 32.1. The average molecular weight is 281 g/mol. The summed E-state index contributed by atoms with van der Waals surface area (Å²) in [6.07, 6.45) is 7.23. The molecule has 0 atom stereocenters. The number of hydrogen-bond donors (Lipinski definition) is 2. The smallest absolute Gasteiger partial charge is 0.0176 e. The normalized spacial score (nSPS) is 11.9. The first-order valence-electron chi connectivity index (χ1n) is 6.88. The van der Waals surface area contributed by atoms with Crippen molar-refractivity contribution in [3.05, 3.63) is 40.3 Å². The van der Waals surface area contributed by atoms with E-state index >= 15 is 0 Å². The molecule has 0 saturated heterocycles. The first-order chi connectivity index (χ1) is 8.72. The predicted octanol–water partition coefficient (Wildman–Crippen LogP) is 5.53. The van der Waals surface area contributed by atoms with E-state index in [1.807, 2.05) is 0 Å². The van der Waals surface area contributed by atoms with Crippen LogP contribution in [0, 0.1) is 0 Å². The van der Waals surface area contributed by atoms with Crippen LogP contribution in [0.3, 0.4) is 0 Å². The van der Waals surface area contributed by atoms with E-state index in [1.54, 1.807) is 5.41 Å². The molecule has 0 fully saturated rings. The number of benzene rings is 1. The van der Waals surface area contributed by atoms with E-state index in [9.17, 15) is 0 Å². The third kappa shape index (κ3) is 4.74. The number of unbranched alkanes of at least 4 members (excludes halogenated alkanes) is 2. The molecule has 0 radical (unpaired) electrons. The zero-order valence-corrected chi connectivity index (χ0v) is 13.2. The van der Waals surface area contributed by atoms with Crippen molar-refractivity contribution >= 4 is 30.2 Å². The van der Waals surface area contributed by atoms with E-state index in [1.165, 1.54) is 42.4 Å². The van der Waals surface area contributed by atoms with Gasteiger partial charge in [0, 0.05) is 4.91 Å². The molecule has 0 aliphatic rings. The Morgan fingerprint density at radius 3 is 2.39 bits per heavy atom. The summed E-state index contributed by atoms with van der Waals surface area (Å²) in [4.78, 5) is 0.975. The Bertz CT molecular complexity index is 394. The van der Waals surface area contributed by atoms with Crippen molar-refractivity contribution in [2.75, 3.05) is 0 Å². The first kappa shape index (κ1) is 15.7. The molecule has 0 spiro atoms. The molecule has 1 rings (SSSR count). The van der Waals surface area contributed by atoms with Gasteiger partial charge in [-0.05, 0) is 47.8 Å². The van der Waals surface area contributed by atoms with E-state index in [0.29, 0.717) is 0 Å². The Morgan fingerprint density at radius 1 is 1.11 bits per heavy atom. The number of thiol groups is 2. The van der Waals surface area contributed by atoms with Crippen LogP contribution in [0.1, 0.15) is 56.2 Å². The molecule has 2 heteroatoms. The SMILES string of the molecule is CCCCc1ccc(CCCC)c(C(S)=CS)c1. The molecule has 0 nitrogen and oxygen atoms in total. The molecule has 1 aromatic carbocycles. The largest absolute Gasteiger partial charge is 0.150 e. The number of aryl methyl sites for hydroxylation is 2. The minimum absolute atomic E-state index is 0.975. The van der Waals surface area contributed by atoms with Gasteiger partial charge in [-0.1, -0.05) is 44.9 Å². The monoisotopic (exact) mass is 280 g/mol. The maximum absolute atomic E-state index is 4.53. The second-order valence-electron chi connectivity index (χ2n) is 4.71.